The number of amides is 2. The van der Waals surface area contributed by atoms with Crippen molar-refractivity contribution in [3.63, 3.8) is 0 Å². The summed E-state index contributed by atoms with van der Waals surface area (Å²) in [4.78, 5) is 27.8. The molecule has 2 aliphatic rings. The predicted molar refractivity (Wildman–Crippen MR) is 103 cm³/mol. The number of carbonyl (C=O) groups is 2. The van der Waals surface area contributed by atoms with Crippen LogP contribution in [0.2, 0.25) is 0 Å². The van der Waals surface area contributed by atoms with Crippen LogP contribution in [0.4, 0.5) is 11.4 Å². The zero-order valence-electron chi connectivity index (χ0n) is 14.6. The van der Waals surface area contributed by atoms with Gasteiger partial charge in [0, 0.05) is 37.1 Å². The first kappa shape index (κ1) is 17.2. The fraction of sp³-hybridized carbons (Fsp3) is 0.400. The Morgan fingerprint density at radius 2 is 2.04 bits per heavy atom. The van der Waals surface area contributed by atoms with Crippen molar-refractivity contribution in [2.24, 2.45) is 5.92 Å². The Labute approximate surface area is 157 Å². The summed E-state index contributed by atoms with van der Waals surface area (Å²) < 4.78 is 5.32. The van der Waals surface area contributed by atoms with Crippen LogP contribution in [0, 0.1) is 5.92 Å². The number of carbonyl (C=O) groups excluding carboxylic acids is 2. The summed E-state index contributed by atoms with van der Waals surface area (Å²) in [5, 5.41) is 4.96. The van der Waals surface area contributed by atoms with E-state index in [4.69, 9.17) is 4.74 Å². The number of rotatable bonds is 3. The quantitative estimate of drug-likeness (QED) is 0.896. The second kappa shape index (κ2) is 7.60. The molecule has 1 saturated heterocycles. The van der Waals surface area contributed by atoms with Crippen LogP contribution in [0.1, 0.15) is 34.5 Å². The molecule has 2 aliphatic heterocycles. The smallest absolute Gasteiger partial charge is 0.268 e. The summed E-state index contributed by atoms with van der Waals surface area (Å²) in [7, 11) is 0. The Balaban J connectivity index is 1.51. The van der Waals surface area contributed by atoms with Gasteiger partial charge in [-0.25, -0.2) is 0 Å². The van der Waals surface area contributed by atoms with E-state index >= 15 is 0 Å². The molecule has 136 valence electrons. The maximum atomic E-state index is 12.7. The zero-order chi connectivity index (χ0) is 17.9. The van der Waals surface area contributed by atoms with E-state index < -0.39 is 0 Å². The molecule has 2 aromatic rings. The van der Waals surface area contributed by atoms with Crippen molar-refractivity contribution in [3.05, 3.63) is 46.2 Å². The summed E-state index contributed by atoms with van der Waals surface area (Å²) in [6.07, 6.45) is 3.41. The maximum absolute atomic E-state index is 12.7. The number of anilines is 2. The molecule has 1 aromatic heterocycles. The Kier molecular flexibility index (Phi) is 5.04. The first-order valence-corrected chi connectivity index (χ1v) is 9.97. The van der Waals surface area contributed by atoms with Crippen molar-refractivity contribution in [1.29, 1.82) is 0 Å². The van der Waals surface area contributed by atoms with Crippen LogP contribution >= 0.6 is 11.3 Å². The highest BCUT2D eigenvalue weighted by molar-refractivity contribution is 7.12. The highest BCUT2D eigenvalue weighted by Gasteiger charge is 2.25. The molecule has 0 bridgehead atoms. The molecule has 6 heteroatoms. The lowest BCUT2D eigenvalue weighted by molar-refractivity contribution is -0.122. The van der Waals surface area contributed by atoms with Gasteiger partial charge in [-0.3, -0.25) is 9.59 Å². The summed E-state index contributed by atoms with van der Waals surface area (Å²) >= 11 is 1.47. The second-order valence-electron chi connectivity index (χ2n) is 6.76. The molecule has 2 amide bonds. The van der Waals surface area contributed by atoms with Gasteiger partial charge in [0.25, 0.3) is 5.91 Å². The fourth-order valence-electron chi connectivity index (χ4n) is 3.62. The Bertz CT molecular complexity index is 797. The molecule has 0 atom stereocenters. The topological polar surface area (TPSA) is 58.6 Å². The zero-order valence-corrected chi connectivity index (χ0v) is 15.4. The standard InChI is InChI=1S/C20H22N2O3S/c23-19(14-7-10-25-11-8-14)21-16-5-6-17-15(13-16)3-1-9-22(17)20(24)18-4-2-12-26-18/h2,4-6,12-14H,1,3,7-11H2,(H,21,23). The summed E-state index contributed by atoms with van der Waals surface area (Å²) in [6, 6.07) is 9.64. The second-order valence-corrected chi connectivity index (χ2v) is 7.70. The lowest BCUT2D eigenvalue weighted by Gasteiger charge is -2.30. The van der Waals surface area contributed by atoms with E-state index in [0.717, 1.165) is 54.0 Å². The Morgan fingerprint density at radius 1 is 1.19 bits per heavy atom. The molecule has 1 fully saturated rings. The van der Waals surface area contributed by atoms with Crippen molar-refractivity contribution >= 4 is 34.5 Å². The van der Waals surface area contributed by atoms with Gasteiger partial charge in [0.1, 0.15) is 0 Å². The number of nitrogens with zero attached hydrogens (tertiary/aromatic N) is 1. The van der Waals surface area contributed by atoms with Gasteiger partial charge in [0.2, 0.25) is 5.91 Å². The van der Waals surface area contributed by atoms with Gasteiger partial charge in [-0.05, 0) is 60.9 Å². The third-order valence-corrected chi connectivity index (χ3v) is 5.89. The van der Waals surface area contributed by atoms with Crippen LogP contribution in [0.15, 0.2) is 35.7 Å². The van der Waals surface area contributed by atoms with Crippen molar-refractivity contribution < 1.29 is 14.3 Å². The number of fused-ring (bicyclic) bond motifs is 1. The van der Waals surface area contributed by atoms with Crippen molar-refractivity contribution in [3.8, 4) is 0 Å². The maximum Gasteiger partial charge on any atom is 0.268 e. The van der Waals surface area contributed by atoms with E-state index in [2.05, 4.69) is 5.32 Å². The Morgan fingerprint density at radius 3 is 2.81 bits per heavy atom. The van der Waals surface area contributed by atoms with Gasteiger partial charge >= 0.3 is 0 Å². The lowest BCUT2D eigenvalue weighted by Crippen LogP contribution is -2.35. The van der Waals surface area contributed by atoms with Crippen molar-refractivity contribution in [1.82, 2.24) is 0 Å². The van der Waals surface area contributed by atoms with Gasteiger partial charge in [-0.1, -0.05) is 6.07 Å². The highest BCUT2D eigenvalue weighted by Crippen LogP contribution is 2.31. The SMILES string of the molecule is O=C(Nc1ccc2c(c1)CCCN2C(=O)c1cccs1)C1CCOCC1. The molecular formula is C20H22N2O3S. The molecule has 0 saturated carbocycles. The van der Waals surface area contributed by atoms with Crippen LogP contribution in [-0.2, 0) is 16.0 Å². The third-order valence-electron chi connectivity index (χ3n) is 5.03. The van der Waals surface area contributed by atoms with Gasteiger partial charge in [0.05, 0.1) is 4.88 Å². The molecule has 0 radical (unpaired) electrons. The normalized spacial score (nSPS) is 17.6. The van der Waals surface area contributed by atoms with Crippen LogP contribution in [0.3, 0.4) is 0 Å². The van der Waals surface area contributed by atoms with Gasteiger partial charge in [0.15, 0.2) is 0 Å². The predicted octanol–water partition coefficient (Wildman–Crippen LogP) is 3.71. The van der Waals surface area contributed by atoms with Crippen LogP contribution in [0.5, 0.6) is 0 Å². The summed E-state index contributed by atoms with van der Waals surface area (Å²) in [5.74, 6) is 0.146. The molecule has 1 N–H and O–H groups in total. The lowest BCUT2D eigenvalue weighted by atomic mass is 9.98. The molecule has 0 aliphatic carbocycles. The van der Waals surface area contributed by atoms with E-state index in [1.165, 1.54) is 11.3 Å². The molecule has 1 aromatic carbocycles. The fourth-order valence-corrected chi connectivity index (χ4v) is 4.30. The van der Waals surface area contributed by atoms with Crippen molar-refractivity contribution in [2.45, 2.75) is 25.7 Å². The van der Waals surface area contributed by atoms with Gasteiger partial charge in [-0.2, -0.15) is 0 Å². The minimum Gasteiger partial charge on any atom is -0.381 e. The molecular weight excluding hydrogens is 348 g/mol. The molecule has 4 rings (SSSR count). The van der Waals surface area contributed by atoms with Gasteiger partial charge in [-0.15, -0.1) is 11.3 Å². The molecule has 0 spiro atoms. The molecule has 5 nitrogen and oxygen atoms in total. The van der Waals surface area contributed by atoms with Crippen LogP contribution in [0.25, 0.3) is 0 Å². The van der Waals surface area contributed by atoms with Crippen molar-refractivity contribution in [2.75, 3.05) is 30.0 Å². The van der Waals surface area contributed by atoms with E-state index in [9.17, 15) is 9.59 Å². The van der Waals surface area contributed by atoms with E-state index in [0.29, 0.717) is 13.2 Å². The summed E-state index contributed by atoms with van der Waals surface area (Å²) in [6.45, 7) is 2.04. The molecule has 0 unspecified atom stereocenters. The van der Waals surface area contributed by atoms with E-state index in [1.54, 1.807) is 0 Å². The number of hydrogen-bond acceptors (Lipinski definition) is 4. The Hall–Kier alpha value is -2.18. The first-order valence-electron chi connectivity index (χ1n) is 9.09. The average molecular weight is 370 g/mol. The van der Waals surface area contributed by atoms with Crippen LogP contribution < -0.4 is 10.2 Å². The summed E-state index contributed by atoms with van der Waals surface area (Å²) in [5.41, 5.74) is 2.88. The van der Waals surface area contributed by atoms with E-state index in [1.807, 2.05) is 40.6 Å². The highest BCUT2D eigenvalue weighted by atomic mass is 32.1. The number of hydrogen-bond donors (Lipinski definition) is 1. The minimum atomic E-state index is 0.0247. The number of benzene rings is 1. The first-order chi connectivity index (χ1) is 12.7. The number of ether oxygens (including phenoxy) is 1. The minimum absolute atomic E-state index is 0.0247. The van der Waals surface area contributed by atoms with Gasteiger partial charge < -0.3 is 15.0 Å². The number of aryl methyl sites for hydroxylation is 1. The number of thiophene rings is 1. The van der Waals surface area contributed by atoms with Crippen LogP contribution in [-0.4, -0.2) is 31.6 Å². The molecule has 26 heavy (non-hydrogen) atoms. The third kappa shape index (κ3) is 3.52. The molecule has 3 heterocycles. The largest absolute Gasteiger partial charge is 0.381 e. The monoisotopic (exact) mass is 370 g/mol. The average Bonchev–Trinajstić information content (AvgIpc) is 3.22. The number of nitrogens with one attached hydrogen (secondary N) is 1. The van der Waals surface area contributed by atoms with E-state index in [-0.39, 0.29) is 17.7 Å².